The molecule has 2 N–H and O–H groups in total. The third-order valence-electron chi connectivity index (χ3n) is 3.38. The summed E-state index contributed by atoms with van der Waals surface area (Å²) < 4.78 is 5.99. The molecule has 0 atom stereocenters. The van der Waals surface area contributed by atoms with Gasteiger partial charge in [-0.15, -0.1) is 0 Å². The molecule has 100 valence electrons. The van der Waals surface area contributed by atoms with Gasteiger partial charge in [-0.25, -0.2) is 0 Å². The van der Waals surface area contributed by atoms with Gasteiger partial charge in [-0.05, 0) is 48.6 Å². The fourth-order valence-corrected chi connectivity index (χ4v) is 1.95. The van der Waals surface area contributed by atoms with Crippen molar-refractivity contribution >= 4 is 5.69 Å². The minimum Gasteiger partial charge on any atom is -0.455 e. The Morgan fingerprint density at radius 2 is 1.68 bits per heavy atom. The molecular weight excluding hydrogens is 234 g/mol. The lowest BCUT2D eigenvalue weighted by Crippen LogP contribution is -1.97. The zero-order valence-corrected chi connectivity index (χ0v) is 12.0. The minimum atomic E-state index is 0.484. The highest BCUT2D eigenvalue weighted by Gasteiger charge is 2.08. The molecule has 0 saturated carbocycles. The summed E-state index contributed by atoms with van der Waals surface area (Å²) in [6, 6.07) is 12.2. The van der Waals surface area contributed by atoms with Gasteiger partial charge in [0.2, 0.25) is 0 Å². The van der Waals surface area contributed by atoms with Gasteiger partial charge in [-0.1, -0.05) is 38.1 Å². The van der Waals surface area contributed by atoms with Gasteiger partial charge in [0, 0.05) is 0 Å². The highest BCUT2D eigenvalue weighted by molar-refractivity contribution is 5.59. The van der Waals surface area contributed by atoms with Crippen molar-refractivity contribution in [3.8, 4) is 11.5 Å². The number of nitrogens with two attached hydrogens (primary N) is 1. The average Bonchev–Trinajstić information content (AvgIpc) is 2.37. The van der Waals surface area contributed by atoms with Crippen LogP contribution in [0.5, 0.6) is 11.5 Å². The van der Waals surface area contributed by atoms with Gasteiger partial charge in [-0.3, -0.25) is 0 Å². The summed E-state index contributed by atoms with van der Waals surface area (Å²) in [7, 11) is 0. The molecule has 2 aromatic carbocycles. The van der Waals surface area contributed by atoms with Crippen molar-refractivity contribution in [1.82, 2.24) is 0 Å². The van der Waals surface area contributed by atoms with Crippen molar-refractivity contribution < 1.29 is 4.74 Å². The van der Waals surface area contributed by atoms with E-state index in [1.807, 2.05) is 32.0 Å². The number of nitrogen functional groups attached to an aromatic ring is 1. The minimum absolute atomic E-state index is 0.484. The van der Waals surface area contributed by atoms with Gasteiger partial charge in [0.25, 0.3) is 0 Å². The van der Waals surface area contributed by atoms with Crippen LogP contribution in [0.1, 0.15) is 36.5 Å². The van der Waals surface area contributed by atoms with Crippen molar-refractivity contribution in [3.05, 3.63) is 53.1 Å². The second-order valence-electron chi connectivity index (χ2n) is 5.27. The molecule has 0 spiro atoms. The van der Waals surface area contributed by atoms with E-state index in [-0.39, 0.29) is 0 Å². The third-order valence-corrected chi connectivity index (χ3v) is 3.38. The van der Waals surface area contributed by atoms with E-state index in [9.17, 15) is 0 Å². The highest BCUT2D eigenvalue weighted by atomic mass is 16.5. The van der Waals surface area contributed by atoms with E-state index in [4.69, 9.17) is 10.5 Å². The first-order valence-corrected chi connectivity index (χ1v) is 6.62. The molecule has 0 unspecified atom stereocenters. The Labute approximate surface area is 115 Å². The largest absolute Gasteiger partial charge is 0.455 e. The lowest BCUT2D eigenvalue weighted by Gasteiger charge is -2.14. The van der Waals surface area contributed by atoms with Crippen molar-refractivity contribution in [2.75, 3.05) is 5.73 Å². The van der Waals surface area contributed by atoms with E-state index >= 15 is 0 Å². The molecule has 2 aromatic rings. The summed E-state index contributed by atoms with van der Waals surface area (Å²) >= 11 is 0. The van der Waals surface area contributed by atoms with Crippen LogP contribution in [0, 0.1) is 13.8 Å². The molecular formula is C17H21NO. The van der Waals surface area contributed by atoms with Crippen LogP contribution < -0.4 is 10.5 Å². The summed E-state index contributed by atoms with van der Waals surface area (Å²) in [4.78, 5) is 0. The first-order valence-electron chi connectivity index (χ1n) is 6.62. The monoisotopic (exact) mass is 255 g/mol. The number of para-hydroxylation sites is 1. The lowest BCUT2D eigenvalue weighted by molar-refractivity contribution is 0.480. The normalized spacial score (nSPS) is 10.8. The van der Waals surface area contributed by atoms with E-state index in [0.717, 1.165) is 22.6 Å². The first kappa shape index (κ1) is 13.5. The van der Waals surface area contributed by atoms with Crippen LogP contribution in [-0.2, 0) is 0 Å². The molecule has 0 aliphatic heterocycles. The van der Waals surface area contributed by atoms with E-state index in [0.29, 0.717) is 11.6 Å². The van der Waals surface area contributed by atoms with Gasteiger partial charge >= 0.3 is 0 Å². The average molecular weight is 255 g/mol. The Morgan fingerprint density at radius 1 is 0.947 bits per heavy atom. The Hall–Kier alpha value is -1.96. The van der Waals surface area contributed by atoms with Gasteiger partial charge in [-0.2, -0.15) is 0 Å². The Morgan fingerprint density at radius 3 is 2.37 bits per heavy atom. The number of anilines is 1. The summed E-state index contributed by atoms with van der Waals surface area (Å²) in [6.45, 7) is 8.38. The maximum Gasteiger partial charge on any atom is 0.150 e. The van der Waals surface area contributed by atoms with E-state index < -0.39 is 0 Å². The predicted molar refractivity (Wildman–Crippen MR) is 80.9 cm³/mol. The van der Waals surface area contributed by atoms with Gasteiger partial charge in [0.1, 0.15) is 5.75 Å². The van der Waals surface area contributed by atoms with E-state index in [1.165, 1.54) is 5.56 Å². The lowest BCUT2D eigenvalue weighted by atomic mass is 10.0. The van der Waals surface area contributed by atoms with Crippen molar-refractivity contribution in [1.29, 1.82) is 0 Å². The van der Waals surface area contributed by atoms with Gasteiger partial charge < -0.3 is 10.5 Å². The molecule has 2 rings (SSSR count). The molecule has 0 aliphatic carbocycles. The Balaban J connectivity index is 2.37. The molecule has 0 aromatic heterocycles. The number of hydrogen-bond donors (Lipinski definition) is 1. The second kappa shape index (κ2) is 5.35. The number of benzene rings is 2. The first-order chi connectivity index (χ1) is 8.99. The fraction of sp³-hybridized carbons (Fsp3) is 0.294. The van der Waals surface area contributed by atoms with Crippen LogP contribution in [0.2, 0.25) is 0 Å². The van der Waals surface area contributed by atoms with Crippen molar-refractivity contribution in [3.63, 3.8) is 0 Å². The van der Waals surface area contributed by atoms with Crippen LogP contribution in [0.3, 0.4) is 0 Å². The van der Waals surface area contributed by atoms with Crippen molar-refractivity contribution in [2.45, 2.75) is 33.6 Å². The zero-order valence-electron chi connectivity index (χ0n) is 12.0. The Bertz CT molecular complexity index is 588. The molecule has 0 saturated heterocycles. The summed E-state index contributed by atoms with van der Waals surface area (Å²) in [5, 5.41) is 0. The smallest absolute Gasteiger partial charge is 0.150 e. The van der Waals surface area contributed by atoms with Crippen LogP contribution in [0.15, 0.2) is 36.4 Å². The number of aryl methyl sites for hydroxylation is 2. The molecule has 2 heteroatoms. The van der Waals surface area contributed by atoms with Crippen LogP contribution in [0.4, 0.5) is 5.69 Å². The summed E-state index contributed by atoms with van der Waals surface area (Å²) in [6.07, 6.45) is 0. The quantitative estimate of drug-likeness (QED) is 0.799. The zero-order chi connectivity index (χ0) is 14.0. The number of hydrogen-bond acceptors (Lipinski definition) is 2. The Kier molecular flexibility index (Phi) is 3.79. The molecule has 0 fully saturated rings. The summed E-state index contributed by atoms with van der Waals surface area (Å²) in [5.74, 6) is 2.09. The molecule has 0 heterocycles. The van der Waals surface area contributed by atoms with Gasteiger partial charge in [0.05, 0.1) is 5.69 Å². The molecule has 0 bridgehead atoms. The molecule has 2 nitrogen and oxygen atoms in total. The molecule has 0 amide bonds. The SMILES string of the molecule is Cc1ccc(C(C)C)cc1Oc1cccc(C)c1N. The summed E-state index contributed by atoms with van der Waals surface area (Å²) in [5.41, 5.74) is 10.2. The molecule has 0 aliphatic rings. The van der Waals surface area contributed by atoms with E-state index in [2.05, 4.69) is 32.0 Å². The van der Waals surface area contributed by atoms with Crippen LogP contribution >= 0.6 is 0 Å². The number of ether oxygens (including phenoxy) is 1. The maximum absolute atomic E-state index is 6.05. The van der Waals surface area contributed by atoms with Gasteiger partial charge in [0.15, 0.2) is 5.75 Å². The highest BCUT2D eigenvalue weighted by Crippen LogP contribution is 2.33. The molecule has 19 heavy (non-hydrogen) atoms. The van der Waals surface area contributed by atoms with Crippen molar-refractivity contribution in [2.24, 2.45) is 0 Å². The predicted octanol–water partition coefficient (Wildman–Crippen LogP) is 4.80. The third kappa shape index (κ3) is 2.90. The fourth-order valence-electron chi connectivity index (χ4n) is 1.95. The standard InChI is InChI=1S/C17H21NO/c1-11(2)14-9-8-12(3)16(10-14)19-15-7-5-6-13(4)17(15)18/h5-11H,18H2,1-4H3. The maximum atomic E-state index is 6.05. The second-order valence-corrected chi connectivity index (χ2v) is 5.27. The topological polar surface area (TPSA) is 35.2 Å². The number of rotatable bonds is 3. The van der Waals surface area contributed by atoms with Crippen LogP contribution in [0.25, 0.3) is 0 Å². The van der Waals surface area contributed by atoms with Crippen LogP contribution in [-0.4, -0.2) is 0 Å². The van der Waals surface area contributed by atoms with E-state index in [1.54, 1.807) is 0 Å². The molecule has 0 radical (unpaired) electrons.